The third kappa shape index (κ3) is 3.71. The lowest BCUT2D eigenvalue weighted by Crippen LogP contribution is -2.47. The van der Waals surface area contributed by atoms with Crippen LogP contribution >= 0.6 is 0 Å². The normalized spacial score (nSPS) is 21.7. The largest absolute Gasteiger partial charge is 0.406 e. The molecule has 2 atom stereocenters. The lowest BCUT2D eigenvalue weighted by molar-refractivity contribution is -0.192. The maximum absolute atomic E-state index is 13.2. The minimum absolute atomic E-state index is 0.151. The van der Waals surface area contributed by atoms with Crippen LogP contribution in [0.5, 0.6) is 0 Å². The monoisotopic (exact) mass is 309 g/mol. The number of rotatable bonds is 4. The van der Waals surface area contributed by atoms with E-state index in [1.165, 1.54) is 18.1 Å². The third-order valence-electron chi connectivity index (χ3n) is 3.78. The van der Waals surface area contributed by atoms with Crippen molar-refractivity contribution in [1.82, 2.24) is 4.90 Å². The smallest absolute Gasteiger partial charge is 0.383 e. The first-order valence-electron chi connectivity index (χ1n) is 6.57. The van der Waals surface area contributed by atoms with Gasteiger partial charge in [-0.25, -0.2) is 8.78 Å². The average Bonchev–Trinajstić information content (AvgIpc) is 2.87. The molecule has 0 N–H and O–H groups in total. The summed E-state index contributed by atoms with van der Waals surface area (Å²) in [6, 6.07) is 1.82. The van der Waals surface area contributed by atoms with Crippen molar-refractivity contribution < 1.29 is 26.7 Å². The second-order valence-electron chi connectivity index (χ2n) is 5.17. The van der Waals surface area contributed by atoms with Gasteiger partial charge in [-0.05, 0) is 36.6 Å². The van der Waals surface area contributed by atoms with Gasteiger partial charge in [-0.2, -0.15) is 13.2 Å². The molecule has 1 fully saturated rings. The zero-order valence-electron chi connectivity index (χ0n) is 11.5. The summed E-state index contributed by atoms with van der Waals surface area (Å²) in [6.07, 6.45) is -3.90. The molecule has 2 nitrogen and oxygen atoms in total. The van der Waals surface area contributed by atoms with E-state index >= 15 is 0 Å². The molecule has 7 heteroatoms. The van der Waals surface area contributed by atoms with Crippen LogP contribution in [-0.2, 0) is 4.74 Å². The van der Waals surface area contributed by atoms with Crippen LogP contribution in [0.15, 0.2) is 18.2 Å². The van der Waals surface area contributed by atoms with Gasteiger partial charge in [0.1, 0.15) is 6.04 Å². The predicted molar refractivity (Wildman–Crippen MR) is 67.0 cm³/mol. The highest BCUT2D eigenvalue weighted by Crippen LogP contribution is 2.34. The van der Waals surface area contributed by atoms with Gasteiger partial charge in [0.2, 0.25) is 0 Å². The summed E-state index contributed by atoms with van der Waals surface area (Å²) >= 11 is 0. The van der Waals surface area contributed by atoms with E-state index in [0.717, 1.165) is 12.1 Å². The third-order valence-corrected chi connectivity index (χ3v) is 3.78. The quantitative estimate of drug-likeness (QED) is 0.791. The van der Waals surface area contributed by atoms with Crippen molar-refractivity contribution in [2.24, 2.45) is 0 Å². The number of hydrogen-bond donors (Lipinski definition) is 0. The highest BCUT2D eigenvalue weighted by atomic mass is 19.4. The number of alkyl halides is 3. The van der Waals surface area contributed by atoms with Crippen LogP contribution in [-0.4, -0.2) is 43.9 Å². The van der Waals surface area contributed by atoms with E-state index in [2.05, 4.69) is 4.74 Å². The van der Waals surface area contributed by atoms with Crippen molar-refractivity contribution in [3.8, 4) is 0 Å². The molecule has 118 valence electrons. The fourth-order valence-electron chi connectivity index (χ4n) is 2.67. The van der Waals surface area contributed by atoms with Gasteiger partial charge in [-0.15, -0.1) is 0 Å². The van der Waals surface area contributed by atoms with Gasteiger partial charge in [0.05, 0.1) is 6.61 Å². The van der Waals surface area contributed by atoms with Gasteiger partial charge in [0.15, 0.2) is 11.6 Å². The summed E-state index contributed by atoms with van der Waals surface area (Å²) in [5.74, 6) is -2.17. The number of ether oxygens (including phenoxy) is 1. The van der Waals surface area contributed by atoms with Gasteiger partial charge in [-0.3, -0.25) is 4.90 Å². The summed E-state index contributed by atoms with van der Waals surface area (Å²) < 4.78 is 69.7. The summed E-state index contributed by atoms with van der Waals surface area (Å²) in [4.78, 5) is 1.29. The molecule has 1 aliphatic heterocycles. The number of hydrogen-bond acceptors (Lipinski definition) is 2. The Labute approximate surface area is 119 Å². The molecule has 0 amide bonds. The minimum Gasteiger partial charge on any atom is -0.383 e. The molecule has 2 rings (SSSR count). The molecule has 0 aliphatic carbocycles. The lowest BCUT2D eigenvalue weighted by Gasteiger charge is -2.29. The first kappa shape index (κ1) is 16.2. The molecule has 1 saturated heterocycles. The Balaban J connectivity index is 2.10. The SMILES string of the molecule is COC[C@@H](N1CC[C@H](c2ccc(F)c(F)c2)C1)C(F)(F)F. The van der Waals surface area contributed by atoms with Crippen LogP contribution in [0.4, 0.5) is 22.0 Å². The minimum atomic E-state index is -4.38. The molecular weight excluding hydrogens is 293 g/mol. The maximum Gasteiger partial charge on any atom is 0.406 e. The van der Waals surface area contributed by atoms with Gasteiger partial charge < -0.3 is 4.74 Å². The first-order valence-corrected chi connectivity index (χ1v) is 6.57. The summed E-state index contributed by atoms with van der Waals surface area (Å²) in [7, 11) is 1.22. The number of methoxy groups -OCH3 is 1. The molecule has 0 aromatic heterocycles. The highest BCUT2D eigenvalue weighted by molar-refractivity contribution is 5.23. The number of likely N-dealkylation sites (tertiary alicyclic amines) is 1. The Morgan fingerprint density at radius 2 is 2.00 bits per heavy atom. The zero-order valence-corrected chi connectivity index (χ0v) is 11.5. The first-order chi connectivity index (χ1) is 9.82. The van der Waals surface area contributed by atoms with E-state index in [-0.39, 0.29) is 19.0 Å². The Hall–Kier alpha value is -1.21. The number of nitrogens with zero attached hydrogens (tertiary/aromatic N) is 1. The Morgan fingerprint density at radius 1 is 1.29 bits per heavy atom. The van der Waals surface area contributed by atoms with Crippen LogP contribution < -0.4 is 0 Å². The fourth-order valence-corrected chi connectivity index (χ4v) is 2.67. The van der Waals surface area contributed by atoms with E-state index in [4.69, 9.17) is 0 Å². The molecule has 0 unspecified atom stereocenters. The van der Waals surface area contributed by atoms with Crippen LogP contribution in [0.3, 0.4) is 0 Å². The molecule has 0 bridgehead atoms. The van der Waals surface area contributed by atoms with Gasteiger partial charge in [0, 0.05) is 13.7 Å². The Morgan fingerprint density at radius 3 is 2.57 bits per heavy atom. The second-order valence-corrected chi connectivity index (χ2v) is 5.17. The van der Waals surface area contributed by atoms with Crippen molar-refractivity contribution in [3.63, 3.8) is 0 Å². The Bertz CT molecular complexity index is 491. The van der Waals surface area contributed by atoms with E-state index in [1.807, 2.05) is 0 Å². The van der Waals surface area contributed by atoms with Crippen molar-refractivity contribution >= 4 is 0 Å². The van der Waals surface area contributed by atoms with Crippen LogP contribution in [0.2, 0.25) is 0 Å². The van der Waals surface area contributed by atoms with Crippen molar-refractivity contribution in [3.05, 3.63) is 35.4 Å². The average molecular weight is 309 g/mol. The standard InChI is InChI=1S/C14H16F5NO/c1-21-8-13(14(17,18)19)20-5-4-10(7-20)9-2-3-11(15)12(16)6-9/h2-3,6,10,13H,4-5,7-8H2,1H3/t10-,13+/m0/s1. The van der Waals surface area contributed by atoms with Gasteiger partial charge in [-0.1, -0.05) is 6.07 Å². The molecule has 1 aliphatic rings. The van der Waals surface area contributed by atoms with Crippen molar-refractivity contribution in [2.75, 3.05) is 26.8 Å². The van der Waals surface area contributed by atoms with Crippen LogP contribution in [0.1, 0.15) is 17.9 Å². The highest BCUT2D eigenvalue weighted by Gasteiger charge is 2.45. The van der Waals surface area contributed by atoms with E-state index in [1.54, 1.807) is 0 Å². The topological polar surface area (TPSA) is 12.5 Å². The van der Waals surface area contributed by atoms with Gasteiger partial charge >= 0.3 is 6.18 Å². The number of halogens is 5. The molecule has 21 heavy (non-hydrogen) atoms. The predicted octanol–water partition coefficient (Wildman–Crippen LogP) is 3.33. The molecular formula is C14H16F5NO. The maximum atomic E-state index is 13.2. The van der Waals surface area contributed by atoms with Crippen LogP contribution in [0.25, 0.3) is 0 Å². The van der Waals surface area contributed by atoms with Crippen molar-refractivity contribution in [2.45, 2.75) is 24.6 Å². The number of benzene rings is 1. The summed E-state index contributed by atoms with van der Waals surface area (Å²) in [6.45, 7) is -0.0379. The van der Waals surface area contributed by atoms with E-state index in [0.29, 0.717) is 12.0 Å². The Kier molecular flexibility index (Phi) is 4.83. The zero-order chi connectivity index (χ0) is 15.6. The second kappa shape index (κ2) is 6.27. The van der Waals surface area contributed by atoms with E-state index in [9.17, 15) is 22.0 Å². The van der Waals surface area contributed by atoms with Crippen molar-refractivity contribution in [1.29, 1.82) is 0 Å². The molecule has 1 aromatic rings. The lowest BCUT2D eigenvalue weighted by atomic mass is 9.98. The van der Waals surface area contributed by atoms with E-state index < -0.39 is 30.5 Å². The summed E-state index contributed by atoms with van der Waals surface area (Å²) in [5, 5.41) is 0. The summed E-state index contributed by atoms with van der Waals surface area (Å²) in [5.41, 5.74) is 0.523. The molecule has 0 saturated carbocycles. The molecule has 0 radical (unpaired) electrons. The fraction of sp³-hybridized carbons (Fsp3) is 0.571. The molecule has 1 heterocycles. The molecule has 1 aromatic carbocycles. The van der Waals surface area contributed by atoms with Gasteiger partial charge in [0.25, 0.3) is 0 Å². The molecule has 0 spiro atoms. The van der Waals surface area contributed by atoms with Crippen LogP contribution in [0, 0.1) is 11.6 Å².